The third-order valence-corrected chi connectivity index (χ3v) is 5.74. The van der Waals surface area contributed by atoms with Crippen molar-refractivity contribution in [3.05, 3.63) is 84.1 Å². The minimum atomic E-state index is -2.71. The molecule has 35 heavy (non-hydrogen) atoms. The van der Waals surface area contributed by atoms with Gasteiger partial charge in [0, 0.05) is 48.9 Å². The zero-order valence-corrected chi connectivity index (χ0v) is 19.7. The smallest absolute Gasteiger partial charge is 0.309 e. The molecule has 0 saturated carbocycles. The van der Waals surface area contributed by atoms with Gasteiger partial charge in [-0.05, 0) is 30.5 Å². The molecule has 1 amide bonds. The van der Waals surface area contributed by atoms with Crippen LogP contribution in [0.25, 0.3) is 11.1 Å². The van der Waals surface area contributed by atoms with Crippen molar-refractivity contribution >= 4 is 11.7 Å². The topological polar surface area (TPSA) is 89.7 Å². The van der Waals surface area contributed by atoms with Gasteiger partial charge < -0.3 is 10.6 Å². The Morgan fingerprint density at radius 3 is 2.34 bits per heavy atom. The number of halogens is 2. The third-order valence-electron chi connectivity index (χ3n) is 5.74. The number of nitrogens with one attached hydrogen (secondary N) is 2. The van der Waals surface area contributed by atoms with Gasteiger partial charge in [0.25, 0.3) is 0 Å². The summed E-state index contributed by atoms with van der Waals surface area (Å²) in [5.41, 5.74) is 4.24. The number of hydrogen-bond acceptors (Lipinski definition) is 5. The van der Waals surface area contributed by atoms with E-state index in [0.29, 0.717) is 28.2 Å². The zero-order chi connectivity index (χ0) is 24.9. The van der Waals surface area contributed by atoms with Crippen molar-refractivity contribution in [3.63, 3.8) is 0 Å². The van der Waals surface area contributed by atoms with Gasteiger partial charge in [0.1, 0.15) is 11.9 Å². The van der Waals surface area contributed by atoms with E-state index in [-0.39, 0.29) is 11.8 Å². The Labute approximate surface area is 202 Å². The van der Waals surface area contributed by atoms with Crippen molar-refractivity contribution in [2.45, 2.75) is 32.4 Å². The Bertz CT molecular complexity index is 1270. The Hall–Kier alpha value is -3.92. The van der Waals surface area contributed by atoms with Crippen LogP contribution in [0.5, 0.6) is 0 Å². The first kappa shape index (κ1) is 24.2. The van der Waals surface area contributed by atoms with Crippen LogP contribution in [0.3, 0.4) is 0 Å². The molecule has 0 saturated heterocycles. The highest BCUT2D eigenvalue weighted by atomic mass is 19.3. The number of carbonyl (C=O) groups excluding carboxylic acids is 1. The molecular weight excluding hydrogens is 452 g/mol. The van der Waals surface area contributed by atoms with Crippen LogP contribution in [0.15, 0.2) is 67.4 Å². The van der Waals surface area contributed by atoms with Crippen LogP contribution in [0, 0.1) is 6.92 Å². The van der Waals surface area contributed by atoms with Crippen molar-refractivity contribution in [2.75, 3.05) is 11.9 Å². The molecule has 0 aliphatic rings. The summed E-state index contributed by atoms with van der Waals surface area (Å²) in [6.07, 6.45) is 7.56. The van der Waals surface area contributed by atoms with Crippen LogP contribution >= 0.6 is 0 Å². The number of aromatic nitrogens is 5. The van der Waals surface area contributed by atoms with E-state index in [1.54, 1.807) is 36.3 Å². The predicted octanol–water partition coefficient (Wildman–Crippen LogP) is 4.46. The van der Waals surface area contributed by atoms with Crippen LogP contribution in [0.1, 0.15) is 42.1 Å². The number of benzene rings is 1. The lowest BCUT2D eigenvalue weighted by Crippen LogP contribution is -2.35. The monoisotopic (exact) mass is 479 g/mol. The molecule has 4 aromatic rings. The second-order valence-electron chi connectivity index (χ2n) is 8.51. The molecule has 1 aromatic carbocycles. The average Bonchev–Trinajstić information content (AvgIpc) is 3.50. The van der Waals surface area contributed by atoms with E-state index >= 15 is 0 Å². The first-order valence-corrected chi connectivity index (χ1v) is 11.2. The van der Waals surface area contributed by atoms with Gasteiger partial charge in [-0.15, -0.1) is 0 Å². The number of amides is 1. The Balaban J connectivity index is 1.45. The van der Waals surface area contributed by atoms with Crippen LogP contribution in [-0.4, -0.2) is 37.0 Å². The van der Waals surface area contributed by atoms with E-state index in [9.17, 15) is 13.6 Å². The highest BCUT2D eigenvalue weighted by molar-refractivity contribution is 5.94. The van der Waals surface area contributed by atoms with Gasteiger partial charge in [-0.2, -0.15) is 19.0 Å². The summed E-state index contributed by atoms with van der Waals surface area (Å²) in [6.45, 7) is 2.02. The van der Waals surface area contributed by atoms with Gasteiger partial charge in [0.15, 0.2) is 0 Å². The normalized spacial score (nSPS) is 13.1. The number of anilines is 1. The minimum absolute atomic E-state index is 0.189. The van der Waals surface area contributed by atoms with Crippen molar-refractivity contribution in [3.8, 4) is 11.1 Å². The molecule has 8 nitrogen and oxygen atoms in total. The number of nitrogens with zero attached hydrogens (tertiary/aromatic N) is 5. The molecule has 0 unspecified atom stereocenters. The maximum atomic E-state index is 13.2. The second kappa shape index (κ2) is 10.6. The Kier molecular flexibility index (Phi) is 7.31. The lowest BCUT2D eigenvalue weighted by molar-refractivity contribution is -0.118. The summed E-state index contributed by atoms with van der Waals surface area (Å²) in [4.78, 5) is 17.5. The molecule has 4 rings (SSSR count). The third kappa shape index (κ3) is 5.96. The molecule has 2 N–H and O–H groups in total. The zero-order valence-electron chi connectivity index (χ0n) is 19.7. The fourth-order valence-electron chi connectivity index (χ4n) is 3.69. The van der Waals surface area contributed by atoms with Gasteiger partial charge in [0.2, 0.25) is 5.91 Å². The van der Waals surface area contributed by atoms with E-state index in [4.69, 9.17) is 0 Å². The molecule has 182 valence electrons. The first-order valence-electron chi connectivity index (χ1n) is 11.2. The molecule has 0 spiro atoms. The SMILES string of the molecule is Cc1ccc([C@H](C)CN[C@@H](C(=O)Nc2ccc(-c3cnn(C(F)F)c3)cn2)c2cnn(C)c2)cc1. The van der Waals surface area contributed by atoms with E-state index < -0.39 is 12.6 Å². The lowest BCUT2D eigenvalue weighted by atomic mass is 9.99. The maximum Gasteiger partial charge on any atom is 0.333 e. The summed E-state index contributed by atoms with van der Waals surface area (Å²) in [5, 5.41) is 14.0. The molecule has 3 heterocycles. The standard InChI is InChI=1S/C25H27F2N7O/c1-16-4-6-18(7-5-16)17(2)10-29-23(21-13-30-33(3)14-21)24(35)32-22-9-8-19(11-28-22)20-12-31-34(15-20)25(26)27/h4-9,11-15,17,23,25,29H,10H2,1-3H3,(H,28,32,35)/t17-,23-/m1/s1. The van der Waals surface area contributed by atoms with Crippen LogP contribution in [0.2, 0.25) is 0 Å². The average molecular weight is 480 g/mol. The summed E-state index contributed by atoms with van der Waals surface area (Å²) < 4.78 is 27.8. The lowest BCUT2D eigenvalue weighted by Gasteiger charge is -2.20. The van der Waals surface area contributed by atoms with Crippen LogP contribution in [0.4, 0.5) is 14.6 Å². The van der Waals surface area contributed by atoms with Crippen molar-refractivity contribution in [1.82, 2.24) is 29.9 Å². The van der Waals surface area contributed by atoms with Crippen LogP contribution < -0.4 is 10.6 Å². The van der Waals surface area contributed by atoms with Crippen molar-refractivity contribution in [1.29, 1.82) is 0 Å². The molecular formula is C25H27F2N7O. The Morgan fingerprint density at radius 1 is 0.971 bits per heavy atom. The fourth-order valence-corrected chi connectivity index (χ4v) is 3.69. The highest BCUT2D eigenvalue weighted by Gasteiger charge is 2.23. The number of aryl methyl sites for hydroxylation is 2. The van der Waals surface area contributed by atoms with E-state index in [2.05, 4.69) is 57.0 Å². The highest BCUT2D eigenvalue weighted by Crippen LogP contribution is 2.23. The summed E-state index contributed by atoms with van der Waals surface area (Å²) in [5.74, 6) is 0.260. The molecule has 0 aliphatic carbocycles. The molecule has 0 bridgehead atoms. The fraction of sp³-hybridized carbons (Fsp3) is 0.280. The predicted molar refractivity (Wildman–Crippen MR) is 129 cm³/mol. The summed E-state index contributed by atoms with van der Waals surface area (Å²) in [6, 6.07) is 11.0. The van der Waals surface area contributed by atoms with E-state index in [0.717, 1.165) is 5.56 Å². The largest absolute Gasteiger partial charge is 0.333 e. The number of carbonyl (C=O) groups is 1. The quantitative estimate of drug-likeness (QED) is 0.370. The molecule has 0 fully saturated rings. The molecule has 2 atom stereocenters. The number of hydrogen-bond donors (Lipinski definition) is 2. The molecule has 3 aromatic heterocycles. The van der Waals surface area contributed by atoms with Crippen molar-refractivity contribution in [2.24, 2.45) is 7.05 Å². The first-order chi connectivity index (χ1) is 16.8. The number of pyridine rings is 1. The number of alkyl halides is 2. The molecule has 10 heteroatoms. The van der Waals surface area contributed by atoms with Gasteiger partial charge in [0.05, 0.1) is 12.4 Å². The molecule has 0 aliphatic heterocycles. The second-order valence-corrected chi connectivity index (χ2v) is 8.51. The van der Waals surface area contributed by atoms with Crippen LogP contribution in [-0.2, 0) is 11.8 Å². The molecule has 0 radical (unpaired) electrons. The van der Waals surface area contributed by atoms with Gasteiger partial charge in [-0.1, -0.05) is 36.8 Å². The Morgan fingerprint density at radius 2 is 1.74 bits per heavy atom. The van der Waals surface area contributed by atoms with Gasteiger partial charge >= 0.3 is 6.55 Å². The van der Waals surface area contributed by atoms with Gasteiger partial charge in [-0.3, -0.25) is 9.48 Å². The number of rotatable bonds is 9. The summed E-state index contributed by atoms with van der Waals surface area (Å²) in [7, 11) is 1.80. The van der Waals surface area contributed by atoms with E-state index in [1.807, 2.05) is 6.92 Å². The maximum absolute atomic E-state index is 13.2. The van der Waals surface area contributed by atoms with Gasteiger partial charge in [-0.25, -0.2) is 9.67 Å². The minimum Gasteiger partial charge on any atom is -0.309 e. The van der Waals surface area contributed by atoms with Crippen molar-refractivity contribution < 1.29 is 13.6 Å². The van der Waals surface area contributed by atoms with E-state index in [1.165, 1.54) is 29.7 Å². The summed E-state index contributed by atoms with van der Waals surface area (Å²) >= 11 is 0.